The van der Waals surface area contributed by atoms with E-state index in [0.717, 1.165) is 48.5 Å². The Morgan fingerprint density at radius 3 is 2.78 bits per heavy atom. The minimum Gasteiger partial charge on any atom is -0.362 e. The Balaban J connectivity index is 1.67. The number of aromatic amines is 1. The standard InChI is InChI=1S/C22H27N3OS/c1-3-27-18-8-6-7-16(15-18)21(26-17-11-13-25(2)14-12-17)22-23-19-9-4-5-10-20(19)24-22/h4-10,15,17,21H,3,11-14H2,1-2H3,(H,23,24). The Hall–Kier alpha value is -1.82. The molecular formula is C22H27N3OS. The summed E-state index contributed by atoms with van der Waals surface area (Å²) < 4.78 is 6.64. The molecular weight excluding hydrogens is 354 g/mol. The number of thioether (sulfide) groups is 1. The average molecular weight is 382 g/mol. The van der Waals surface area contributed by atoms with Crippen LogP contribution in [-0.2, 0) is 4.74 Å². The number of fused-ring (bicyclic) bond motifs is 1. The summed E-state index contributed by atoms with van der Waals surface area (Å²) >= 11 is 1.86. The van der Waals surface area contributed by atoms with E-state index in [2.05, 4.69) is 54.2 Å². The summed E-state index contributed by atoms with van der Waals surface area (Å²) in [5.74, 6) is 1.96. The molecule has 1 atom stereocenters. The zero-order valence-electron chi connectivity index (χ0n) is 16.0. The molecule has 2 aromatic carbocycles. The molecule has 0 radical (unpaired) electrons. The molecule has 0 saturated carbocycles. The molecule has 4 rings (SSSR count). The van der Waals surface area contributed by atoms with Gasteiger partial charge in [-0.2, -0.15) is 0 Å². The monoisotopic (exact) mass is 381 g/mol. The van der Waals surface area contributed by atoms with Crippen LogP contribution >= 0.6 is 11.8 Å². The molecule has 142 valence electrons. The number of likely N-dealkylation sites (tertiary alicyclic amines) is 1. The first-order chi connectivity index (χ1) is 13.2. The molecule has 2 heterocycles. The summed E-state index contributed by atoms with van der Waals surface area (Å²) in [7, 11) is 2.18. The molecule has 5 heteroatoms. The first kappa shape index (κ1) is 18.5. The van der Waals surface area contributed by atoms with Crippen LogP contribution in [0.4, 0.5) is 0 Å². The van der Waals surface area contributed by atoms with Crippen LogP contribution in [0.1, 0.15) is 37.3 Å². The second-order valence-electron chi connectivity index (χ2n) is 7.16. The number of nitrogens with zero attached hydrogens (tertiary/aromatic N) is 2. The van der Waals surface area contributed by atoms with E-state index in [-0.39, 0.29) is 12.2 Å². The van der Waals surface area contributed by atoms with Crippen LogP contribution in [0.25, 0.3) is 11.0 Å². The molecule has 1 fully saturated rings. The lowest BCUT2D eigenvalue weighted by Gasteiger charge is -2.31. The molecule has 1 unspecified atom stereocenters. The number of hydrogen-bond acceptors (Lipinski definition) is 4. The fraction of sp³-hybridized carbons (Fsp3) is 0.409. The number of nitrogens with one attached hydrogen (secondary N) is 1. The predicted molar refractivity (Wildman–Crippen MR) is 112 cm³/mol. The van der Waals surface area contributed by atoms with Gasteiger partial charge in [0.25, 0.3) is 0 Å². The molecule has 27 heavy (non-hydrogen) atoms. The highest BCUT2D eigenvalue weighted by Crippen LogP contribution is 2.32. The van der Waals surface area contributed by atoms with Gasteiger partial charge in [0.05, 0.1) is 17.1 Å². The molecule has 1 saturated heterocycles. The number of H-pyrrole nitrogens is 1. The Labute approximate surface area is 165 Å². The van der Waals surface area contributed by atoms with Gasteiger partial charge < -0.3 is 14.6 Å². The number of para-hydroxylation sites is 2. The second-order valence-corrected chi connectivity index (χ2v) is 8.50. The molecule has 3 aromatic rings. The number of piperidine rings is 1. The van der Waals surface area contributed by atoms with Gasteiger partial charge in [-0.25, -0.2) is 4.98 Å². The summed E-state index contributed by atoms with van der Waals surface area (Å²) in [5, 5.41) is 0. The Kier molecular flexibility index (Phi) is 5.81. The Morgan fingerprint density at radius 2 is 2.00 bits per heavy atom. The normalized spacial score (nSPS) is 17.4. The van der Waals surface area contributed by atoms with Crippen molar-refractivity contribution < 1.29 is 4.74 Å². The van der Waals surface area contributed by atoms with Crippen molar-refractivity contribution in [3.8, 4) is 0 Å². The van der Waals surface area contributed by atoms with Gasteiger partial charge in [0.2, 0.25) is 0 Å². The maximum absolute atomic E-state index is 6.64. The summed E-state index contributed by atoms with van der Waals surface area (Å²) in [5.41, 5.74) is 3.22. The largest absolute Gasteiger partial charge is 0.362 e. The third-order valence-corrected chi connectivity index (χ3v) is 6.00. The van der Waals surface area contributed by atoms with Gasteiger partial charge in [-0.15, -0.1) is 11.8 Å². The molecule has 1 aliphatic heterocycles. The maximum atomic E-state index is 6.64. The van der Waals surface area contributed by atoms with Crippen molar-refractivity contribution in [1.82, 2.24) is 14.9 Å². The number of imidazole rings is 1. The van der Waals surface area contributed by atoms with E-state index in [1.165, 1.54) is 10.5 Å². The van der Waals surface area contributed by atoms with E-state index >= 15 is 0 Å². The van der Waals surface area contributed by atoms with Gasteiger partial charge in [0, 0.05) is 18.0 Å². The van der Waals surface area contributed by atoms with Crippen molar-refractivity contribution in [3.05, 3.63) is 59.9 Å². The molecule has 4 nitrogen and oxygen atoms in total. The fourth-order valence-electron chi connectivity index (χ4n) is 3.65. The minimum absolute atomic E-state index is 0.164. The summed E-state index contributed by atoms with van der Waals surface area (Å²) in [6.07, 6.45) is 2.23. The lowest BCUT2D eigenvalue weighted by molar-refractivity contribution is -0.0264. The Bertz CT molecular complexity index is 853. The maximum Gasteiger partial charge on any atom is 0.141 e. The average Bonchev–Trinajstić information content (AvgIpc) is 3.12. The predicted octanol–water partition coefficient (Wildman–Crippen LogP) is 4.88. The van der Waals surface area contributed by atoms with E-state index in [0.29, 0.717) is 0 Å². The second kappa shape index (κ2) is 8.46. The van der Waals surface area contributed by atoms with Crippen LogP contribution in [-0.4, -0.2) is 46.9 Å². The van der Waals surface area contributed by atoms with E-state index in [1.807, 2.05) is 30.0 Å². The minimum atomic E-state index is -0.164. The SMILES string of the molecule is CCSc1cccc(C(OC2CCN(C)CC2)c2nc3ccccc3[nH]2)c1. The third-order valence-electron chi connectivity index (χ3n) is 5.12. The molecule has 0 aliphatic carbocycles. The zero-order valence-corrected chi connectivity index (χ0v) is 16.8. The van der Waals surface area contributed by atoms with Crippen LogP contribution in [0.5, 0.6) is 0 Å². The zero-order chi connectivity index (χ0) is 18.6. The number of ether oxygens (including phenoxy) is 1. The van der Waals surface area contributed by atoms with Gasteiger partial charge >= 0.3 is 0 Å². The lowest BCUT2D eigenvalue weighted by atomic mass is 10.1. The van der Waals surface area contributed by atoms with Crippen molar-refractivity contribution in [3.63, 3.8) is 0 Å². The summed E-state index contributed by atoms with van der Waals surface area (Å²) in [6.45, 7) is 4.36. The number of benzene rings is 2. The number of rotatable bonds is 6. The van der Waals surface area contributed by atoms with Crippen molar-refractivity contribution in [2.75, 3.05) is 25.9 Å². The van der Waals surface area contributed by atoms with E-state index in [9.17, 15) is 0 Å². The summed E-state index contributed by atoms with van der Waals surface area (Å²) in [6, 6.07) is 16.9. The van der Waals surface area contributed by atoms with Crippen LogP contribution in [0.15, 0.2) is 53.4 Å². The molecule has 1 aromatic heterocycles. The quantitative estimate of drug-likeness (QED) is 0.618. The van der Waals surface area contributed by atoms with E-state index < -0.39 is 0 Å². The topological polar surface area (TPSA) is 41.1 Å². The highest BCUT2D eigenvalue weighted by molar-refractivity contribution is 7.99. The molecule has 0 bridgehead atoms. The van der Waals surface area contributed by atoms with Crippen molar-refractivity contribution in [2.45, 2.75) is 36.9 Å². The smallest absolute Gasteiger partial charge is 0.141 e. The number of aromatic nitrogens is 2. The van der Waals surface area contributed by atoms with Crippen LogP contribution in [0.3, 0.4) is 0 Å². The molecule has 1 aliphatic rings. The van der Waals surface area contributed by atoms with Crippen LogP contribution in [0.2, 0.25) is 0 Å². The van der Waals surface area contributed by atoms with Crippen LogP contribution in [0, 0.1) is 0 Å². The fourth-order valence-corrected chi connectivity index (χ4v) is 4.37. The molecule has 0 amide bonds. The van der Waals surface area contributed by atoms with Gasteiger partial charge in [-0.05, 0) is 55.5 Å². The first-order valence-corrected chi connectivity index (χ1v) is 10.7. The van der Waals surface area contributed by atoms with Gasteiger partial charge in [-0.3, -0.25) is 0 Å². The highest BCUT2D eigenvalue weighted by atomic mass is 32.2. The first-order valence-electron chi connectivity index (χ1n) is 9.74. The highest BCUT2D eigenvalue weighted by Gasteiger charge is 2.26. The lowest BCUT2D eigenvalue weighted by Crippen LogP contribution is -2.35. The third kappa shape index (κ3) is 4.37. The van der Waals surface area contributed by atoms with E-state index in [4.69, 9.17) is 9.72 Å². The van der Waals surface area contributed by atoms with Gasteiger partial charge in [0.1, 0.15) is 11.9 Å². The van der Waals surface area contributed by atoms with Crippen molar-refractivity contribution in [1.29, 1.82) is 0 Å². The molecule has 0 spiro atoms. The van der Waals surface area contributed by atoms with Gasteiger partial charge in [-0.1, -0.05) is 31.2 Å². The molecule has 1 N–H and O–H groups in total. The van der Waals surface area contributed by atoms with Crippen molar-refractivity contribution >= 4 is 22.8 Å². The van der Waals surface area contributed by atoms with Crippen molar-refractivity contribution in [2.24, 2.45) is 0 Å². The summed E-state index contributed by atoms with van der Waals surface area (Å²) in [4.78, 5) is 12.0. The number of hydrogen-bond donors (Lipinski definition) is 1. The van der Waals surface area contributed by atoms with Crippen LogP contribution < -0.4 is 0 Å². The van der Waals surface area contributed by atoms with Gasteiger partial charge in [0.15, 0.2) is 0 Å². The van der Waals surface area contributed by atoms with E-state index in [1.54, 1.807) is 0 Å². The Morgan fingerprint density at radius 1 is 1.19 bits per heavy atom.